The van der Waals surface area contributed by atoms with Gasteiger partial charge in [0.1, 0.15) is 0 Å². The third kappa shape index (κ3) is 3.74. The molecule has 0 unspecified atom stereocenters. The zero-order valence-electron chi connectivity index (χ0n) is 6.91. The van der Waals surface area contributed by atoms with Gasteiger partial charge in [-0.05, 0) is 11.0 Å². The Hall–Kier alpha value is 0.217. The van der Waals surface area contributed by atoms with E-state index < -0.39 is 0 Å². The molecule has 9 heavy (non-hydrogen) atoms. The van der Waals surface area contributed by atoms with E-state index >= 15 is 0 Å². The van der Waals surface area contributed by atoms with Gasteiger partial charge < -0.3 is 0 Å². The van der Waals surface area contributed by atoms with Gasteiger partial charge in [-0.15, -0.1) is 0 Å². The number of rotatable bonds is 2. The molecule has 0 N–H and O–H groups in total. The molecule has 0 aromatic heterocycles. The third-order valence-electron chi connectivity index (χ3n) is 2.00. The lowest BCUT2D eigenvalue weighted by atomic mass is 10.2. The van der Waals surface area contributed by atoms with Crippen LogP contribution in [0.25, 0.3) is 0 Å². The van der Waals surface area contributed by atoms with Crippen molar-refractivity contribution in [2.24, 2.45) is 5.92 Å². The SMILES string of the molecule is CC(C)(C)[SiH2]CC1CC1. The third-order valence-corrected chi connectivity index (χ3v) is 4.60. The first-order valence-corrected chi connectivity index (χ1v) is 5.79. The normalized spacial score (nSPS) is 21.7. The second kappa shape index (κ2) is 2.45. The van der Waals surface area contributed by atoms with E-state index in [9.17, 15) is 0 Å². The molecule has 1 heteroatoms. The number of hydrogen-bond donors (Lipinski definition) is 0. The van der Waals surface area contributed by atoms with E-state index in [4.69, 9.17) is 0 Å². The Morgan fingerprint density at radius 1 is 1.33 bits per heavy atom. The molecule has 0 aromatic rings. The minimum absolute atomic E-state index is 0.265. The van der Waals surface area contributed by atoms with Gasteiger partial charge >= 0.3 is 0 Å². The van der Waals surface area contributed by atoms with Crippen LogP contribution >= 0.6 is 0 Å². The summed E-state index contributed by atoms with van der Waals surface area (Å²) in [6.45, 7) is 7.17. The largest absolute Gasteiger partial charge is 0.0632 e. The zero-order valence-corrected chi connectivity index (χ0v) is 8.32. The van der Waals surface area contributed by atoms with Gasteiger partial charge in [-0.3, -0.25) is 0 Å². The van der Waals surface area contributed by atoms with Crippen molar-refractivity contribution in [3.8, 4) is 0 Å². The van der Waals surface area contributed by atoms with E-state index in [-0.39, 0.29) is 9.52 Å². The van der Waals surface area contributed by atoms with Gasteiger partial charge in [0.15, 0.2) is 0 Å². The lowest BCUT2D eigenvalue weighted by Gasteiger charge is -2.16. The predicted octanol–water partition coefficient (Wildman–Crippen LogP) is 2.20. The lowest BCUT2D eigenvalue weighted by molar-refractivity contribution is 0.740. The molecular weight excluding hydrogens is 124 g/mol. The first-order chi connectivity index (χ1) is 4.08. The van der Waals surface area contributed by atoms with Gasteiger partial charge in [0.25, 0.3) is 0 Å². The summed E-state index contributed by atoms with van der Waals surface area (Å²) in [7, 11) is 0.265. The van der Waals surface area contributed by atoms with E-state index in [0.717, 1.165) is 0 Å². The van der Waals surface area contributed by atoms with Crippen LogP contribution in [0.2, 0.25) is 11.1 Å². The Kier molecular flexibility index (Phi) is 1.99. The molecule has 1 aliphatic carbocycles. The maximum Gasteiger partial charge on any atom is 0.0263 e. The number of hydrogen-bond acceptors (Lipinski definition) is 0. The molecule has 0 saturated heterocycles. The summed E-state index contributed by atoms with van der Waals surface area (Å²) >= 11 is 0. The monoisotopic (exact) mass is 142 g/mol. The summed E-state index contributed by atoms with van der Waals surface area (Å²) in [6, 6.07) is 1.61. The molecule has 0 nitrogen and oxygen atoms in total. The summed E-state index contributed by atoms with van der Waals surface area (Å²) < 4.78 is 0. The van der Waals surface area contributed by atoms with Crippen LogP contribution in [0.4, 0.5) is 0 Å². The van der Waals surface area contributed by atoms with Crippen LogP contribution in [0.5, 0.6) is 0 Å². The first kappa shape index (κ1) is 7.33. The predicted molar refractivity (Wildman–Crippen MR) is 45.8 cm³/mol. The van der Waals surface area contributed by atoms with Crippen LogP contribution in [-0.2, 0) is 0 Å². The standard InChI is InChI=1S/C8H18Si/c1-8(2,3)9-6-7-4-5-7/h7H,4-6,9H2,1-3H3. The van der Waals surface area contributed by atoms with E-state index in [2.05, 4.69) is 20.8 Å². The van der Waals surface area contributed by atoms with Crippen molar-refractivity contribution >= 4 is 9.52 Å². The summed E-state index contributed by atoms with van der Waals surface area (Å²) in [5.74, 6) is 1.18. The Morgan fingerprint density at radius 2 is 1.89 bits per heavy atom. The molecule has 1 aliphatic rings. The van der Waals surface area contributed by atoms with Crippen molar-refractivity contribution in [2.75, 3.05) is 0 Å². The second-order valence-corrected chi connectivity index (χ2v) is 7.74. The molecule has 0 spiro atoms. The fraction of sp³-hybridized carbons (Fsp3) is 1.00. The van der Waals surface area contributed by atoms with E-state index in [1.807, 2.05) is 0 Å². The van der Waals surface area contributed by atoms with Crippen molar-refractivity contribution in [2.45, 2.75) is 44.7 Å². The molecular formula is C8H18Si. The fourth-order valence-corrected chi connectivity index (χ4v) is 2.90. The average molecular weight is 142 g/mol. The lowest BCUT2D eigenvalue weighted by Crippen LogP contribution is -2.07. The van der Waals surface area contributed by atoms with Crippen LogP contribution in [0.15, 0.2) is 0 Å². The van der Waals surface area contributed by atoms with Crippen LogP contribution < -0.4 is 0 Å². The van der Waals surface area contributed by atoms with Gasteiger partial charge in [0.2, 0.25) is 0 Å². The van der Waals surface area contributed by atoms with Gasteiger partial charge in [0.05, 0.1) is 0 Å². The Morgan fingerprint density at radius 3 is 2.22 bits per heavy atom. The molecule has 1 rings (SSSR count). The minimum Gasteiger partial charge on any atom is -0.0632 e. The first-order valence-electron chi connectivity index (χ1n) is 4.08. The van der Waals surface area contributed by atoms with Crippen LogP contribution in [0.3, 0.4) is 0 Å². The maximum absolute atomic E-state index is 2.39. The Bertz CT molecular complexity index is 87.2. The molecule has 0 aromatic carbocycles. The van der Waals surface area contributed by atoms with E-state index in [1.165, 1.54) is 5.92 Å². The van der Waals surface area contributed by atoms with Crippen molar-refractivity contribution in [1.29, 1.82) is 0 Å². The van der Waals surface area contributed by atoms with Gasteiger partial charge in [0, 0.05) is 9.52 Å². The van der Waals surface area contributed by atoms with Crippen molar-refractivity contribution in [1.82, 2.24) is 0 Å². The highest BCUT2D eigenvalue weighted by Crippen LogP contribution is 2.35. The van der Waals surface area contributed by atoms with Gasteiger partial charge in [-0.25, -0.2) is 0 Å². The summed E-state index contributed by atoms with van der Waals surface area (Å²) in [5.41, 5.74) is 0. The molecule has 0 atom stereocenters. The molecule has 0 bridgehead atoms. The smallest absolute Gasteiger partial charge is 0.0263 e. The van der Waals surface area contributed by atoms with Crippen LogP contribution in [0, 0.1) is 5.92 Å². The summed E-state index contributed by atoms with van der Waals surface area (Å²) in [4.78, 5) is 0. The van der Waals surface area contributed by atoms with Crippen molar-refractivity contribution in [3.05, 3.63) is 0 Å². The zero-order chi connectivity index (χ0) is 6.91. The van der Waals surface area contributed by atoms with E-state index in [0.29, 0.717) is 5.04 Å². The van der Waals surface area contributed by atoms with Crippen molar-refractivity contribution in [3.63, 3.8) is 0 Å². The topological polar surface area (TPSA) is 0 Å². The van der Waals surface area contributed by atoms with Crippen LogP contribution in [-0.4, -0.2) is 9.52 Å². The van der Waals surface area contributed by atoms with Gasteiger partial charge in [-0.2, -0.15) is 0 Å². The minimum atomic E-state index is 0.265. The molecule has 0 heterocycles. The summed E-state index contributed by atoms with van der Waals surface area (Å²) in [6.07, 6.45) is 3.09. The highest BCUT2D eigenvalue weighted by molar-refractivity contribution is 6.39. The Balaban J connectivity index is 2.03. The quantitative estimate of drug-likeness (QED) is 0.519. The molecule has 0 radical (unpaired) electrons. The highest BCUT2D eigenvalue weighted by atomic mass is 28.2. The molecule has 1 saturated carbocycles. The van der Waals surface area contributed by atoms with Crippen LogP contribution in [0.1, 0.15) is 33.6 Å². The maximum atomic E-state index is 2.39. The molecule has 54 valence electrons. The average Bonchev–Trinajstić information content (AvgIpc) is 2.38. The van der Waals surface area contributed by atoms with Gasteiger partial charge in [-0.1, -0.05) is 39.7 Å². The molecule has 1 fully saturated rings. The summed E-state index contributed by atoms with van der Waals surface area (Å²) in [5, 5.41) is 0.711. The van der Waals surface area contributed by atoms with E-state index in [1.54, 1.807) is 18.9 Å². The fourth-order valence-electron chi connectivity index (χ4n) is 1.04. The Labute approximate surface area is 60.9 Å². The molecule has 0 amide bonds. The molecule has 0 aliphatic heterocycles. The highest BCUT2D eigenvalue weighted by Gasteiger charge is 2.23. The van der Waals surface area contributed by atoms with Crippen molar-refractivity contribution < 1.29 is 0 Å². The second-order valence-electron chi connectivity index (χ2n) is 4.54.